The van der Waals surface area contributed by atoms with Crippen LogP contribution >= 0.6 is 11.3 Å². The molecule has 32 heavy (non-hydrogen) atoms. The number of thiazole rings is 1. The third-order valence-electron chi connectivity index (χ3n) is 4.59. The van der Waals surface area contributed by atoms with Crippen LogP contribution in [-0.4, -0.2) is 10.9 Å². The standard InChI is InChI=1S/C24H17F3N2O2S/c25-18-7-4-15(5-8-18)12-28-23(30)22-14-32-24(29-22)16-2-1-3-20(10-16)31-13-17-6-9-19(26)11-21(17)27/h1-11,14H,12-13H2,(H,28,30). The zero-order valence-electron chi connectivity index (χ0n) is 16.6. The van der Waals surface area contributed by atoms with Crippen LogP contribution in [0.1, 0.15) is 21.6 Å². The Balaban J connectivity index is 1.40. The Morgan fingerprint density at radius 1 is 0.969 bits per heavy atom. The highest BCUT2D eigenvalue weighted by molar-refractivity contribution is 7.13. The van der Waals surface area contributed by atoms with E-state index in [0.717, 1.165) is 17.2 Å². The zero-order valence-corrected chi connectivity index (χ0v) is 17.5. The Bertz CT molecular complexity index is 1240. The van der Waals surface area contributed by atoms with E-state index in [0.29, 0.717) is 10.8 Å². The van der Waals surface area contributed by atoms with Crippen molar-refractivity contribution in [1.82, 2.24) is 10.3 Å². The Kier molecular flexibility index (Phi) is 6.51. The highest BCUT2D eigenvalue weighted by atomic mass is 32.1. The predicted octanol–water partition coefficient (Wildman–Crippen LogP) is 5.74. The van der Waals surface area contributed by atoms with Crippen molar-refractivity contribution in [2.75, 3.05) is 0 Å². The predicted molar refractivity (Wildman–Crippen MR) is 116 cm³/mol. The lowest BCUT2D eigenvalue weighted by Gasteiger charge is -2.08. The van der Waals surface area contributed by atoms with Crippen molar-refractivity contribution in [3.63, 3.8) is 0 Å². The van der Waals surface area contributed by atoms with E-state index >= 15 is 0 Å². The molecule has 4 rings (SSSR count). The second-order valence-electron chi connectivity index (χ2n) is 6.90. The molecule has 0 saturated carbocycles. The van der Waals surface area contributed by atoms with Crippen molar-refractivity contribution < 1.29 is 22.7 Å². The molecule has 0 radical (unpaired) electrons. The van der Waals surface area contributed by atoms with E-state index in [9.17, 15) is 18.0 Å². The van der Waals surface area contributed by atoms with Crippen LogP contribution in [0.5, 0.6) is 5.75 Å². The third-order valence-corrected chi connectivity index (χ3v) is 5.48. The summed E-state index contributed by atoms with van der Waals surface area (Å²) in [5, 5.41) is 5.02. The fourth-order valence-corrected chi connectivity index (χ4v) is 3.70. The Hall–Kier alpha value is -3.65. The quantitative estimate of drug-likeness (QED) is 0.388. The molecule has 1 amide bonds. The van der Waals surface area contributed by atoms with Crippen molar-refractivity contribution in [3.05, 3.63) is 106 Å². The molecular formula is C24H17F3N2O2S. The number of nitrogens with one attached hydrogen (secondary N) is 1. The van der Waals surface area contributed by atoms with Gasteiger partial charge in [0, 0.05) is 29.1 Å². The molecule has 1 heterocycles. The summed E-state index contributed by atoms with van der Waals surface area (Å²) in [6, 6.07) is 16.2. The summed E-state index contributed by atoms with van der Waals surface area (Å²) in [5.41, 5.74) is 2.03. The molecule has 1 N–H and O–H groups in total. The molecule has 0 saturated heterocycles. The maximum absolute atomic E-state index is 13.8. The monoisotopic (exact) mass is 454 g/mol. The van der Waals surface area contributed by atoms with Crippen LogP contribution in [0.25, 0.3) is 10.6 Å². The lowest BCUT2D eigenvalue weighted by molar-refractivity contribution is 0.0946. The Morgan fingerprint density at radius 3 is 2.53 bits per heavy atom. The van der Waals surface area contributed by atoms with Crippen LogP contribution in [0, 0.1) is 17.5 Å². The summed E-state index contributed by atoms with van der Waals surface area (Å²) < 4.78 is 45.4. The number of halogens is 3. The van der Waals surface area contributed by atoms with E-state index in [1.165, 1.54) is 35.6 Å². The highest BCUT2D eigenvalue weighted by Gasteiger charge is 2.13. The first-order valence-corrected chi connectivity index (χ1v) is 10.5. The minimum absolute atomic E-state index is 0.0511. The minimum Gasteiger partial charge on any atom is -0.489 e. The van der Waals surface area contributed by atoms with E-state index in [4.69, 9.17) is 4.74 Å². The van der Waals surface area contributed by atoms with Crippen molar-refractivity contribution >= 4 is 17.2 Å². The summed E-state index contributed by atoms with van der Waals surface area (Å²) in [5.74, 6) is -1.50. The molecule has 0 unspecified atom stereocenters. The number of ether oxygens (including phenoxy) is 1. The SMILES string of the molecule is O=C(NCc1ccc(F)cc1)c1csc(-c2cccc(OCc3ccc(F)cc3F)c2)n1. The van der Waals surface area contributed by atoms with Crippen LogP contribution < -0.4 is 10.1 Å². The van der Waals surface area contributed by atoms with Gasteiger partial charge in [0.1, 0.15) is 40.5 Å². The summed E-state index contributed by atoms with van der Waals surface area (Å²) in [7, 11) is 0. The first-order chi connectivity index (χ1) is 15.5. The van der Waals surface area contributed by atoms with Gasteiger partial charge < -0.3 is 10.1 Å². The van der Waals surface area contributed by atoms with Gasteiger partial charge in [-0.05, 0) is 42.0 Å². The summed E-state index contributed by atoms with van der Waals surface area (Å²) >= 11 is 1.30. The van der Waals surface area contributed by atoms with E-state index in [-0.39, 0.29) is 36.1 Å². The van der Waals surface area contributed by atoms with Gasteiger partial charge in [-0.2, -0.15) is 0 Å². The van der Waals surface area contributed by atoms with Gasteiger partial charge in [-0.15, -0.1) is 11.3 Å². The van der Waals surface area contributed by atoms with E-state index in [1.807, 2.05) is 6.07 Å². The molecule has 0 aliphatic heterocycles. The number of rotatable bonds is 7. The summed E-state index contributed by atoms with van der Waals surface area (Å²) in [6.45, 7) is 0.208. The van der Waals surface area contributed by atoms with E-state index in [1.54, 1.807) is 35.7 Å². The molecule has 0 aliphatic rings. The molecule has 1 aromatic heterocycles. The van der Waals surface area contributed by atoms with Gasteiger partial charge in [0.05, 0.1) is 0 Å². The molecule has 0 fully saturated rings. The normalized spacial score (nSPS) is 10.7. The molecule has 0 bridgehead atoms. The number of aromatic nitrogens is 1. The molecule has 0 spiro atoms. The lowest BCUT2D eigenvalue weighted by atomic mass is 10.2. The number of nitrogens with zero attached hydrogens (tertiary/aromatic N) is 1. The first kappa shape index (κ1) is 21.6. The van der Waals surface area contributed by atoms with Crippen LogP contribution in [0.2, 0.25) is 0 Å². The number of hydrogen-bond acceptors (Lipinski definition) is 4. The van der Waals surface area contributed by atoms with Crippen LogP contribution in [-0.2, 0) is 13.2 Å². The molecule has 8 heteroatoms. The van der Waals surface area contributed by atoms with Gasteiger partial charge >= 0.3 is 0 Å². The average Bonchev–Trinajstić information content (AvgIpc) is 3.29. The fourth-order valence-electron chi connectivity index (χ4n) is 2.90. The molecule has 0 aliphatic carbocycles. The van der Waals surface area contributed by atoms with Crippen molar-refractivity contribution in [2.45, 2.75) is 13.2 Å². The molecule has 3 aromatic carbocycles. The van der Waals surface area contributed by atoms with Gasteiger partial charge in [-0.1, -0.05) is 24.3 Å². The maximum Gasteiger partial charge on any atom is 0.271 e. The molecule has 4 nitrogen and oxygen atoms in total. The summed E-state index contributed by atoms with van der Waals surface area (Å²) in [6.07, 6.45) is 0. The van der Waals surface area contributed by atoms with Crippen molar-refractivity contribution in [1.29, 1.82) is 0 Å². The minimum atomic E-state index is -0.669. The van der Waals surface area contributed by atoms with Crippen LogP contribution in [0.4, 0.5) is 13.2 Å². The molecule has 0 atom stereocenters. The van der Waals surface area contributed by atoms with Crippen molar-refractivity contribution in [2.24, 2.45) is 0 Å². The zero-order chi connectivity index (χ0) is 22.5. The topological polar surface area (TPSA) is 51.2 Å². The average molecular weight is 454 g/mol. The maximum atomic E-state index is 13.8. The number of carbonyl (C=O) groups is 1. The number of amides is 1. The third kappa shape index (κ3) is 5.33. The van der Waals surface area contributed by atoms with Crippen molar-refractivity contribution in [3.8, 4) is 16.3 Å². The highest BCUT2D eigenvalue weighted by Crippen LogP contribution is 2.27. The smallest absolute Gasteiger partial charge is 0.271 e. The number of benzene rings is 3. The largest absolute Gasteiger partial charge is 0.489 e. The van der Waals surface area contributed by atoms with Gasteiger partial charge in [-0.3, -0.25) is 4.79 Å². The van der Waals surface area contributed by atoms with Gasteiger partial charge in [-0.25, -0.2) is 18.2 Å². The van der Waals surface area contributed by atoms with Crippen LogP contribution in [0.15, 0.2) is 72.1 Å². The summed E-state index contributed by atoms with van der Waals surface area (Å²) in [4.78, 5) is 16.8. The van der Waals surface area contributed by atoms with E-state index < -0.39 is 11.6 Å². The fraction of sp³-hybridized carbons (Fsp3) is 0.0833. The van der Waals surface area contributed by atoms with Gasteiger partial charge in [0.15, 0.2) is 0 Å². The van der Waals surface area contributed by atoms with Gasteiger partial charge in [0.2, 0.25) is 0 Å². The Morgan fingerprint density at radius 2 is 1.75 bits per heavy atom. The molecule has 4 aromatic rings. The first-order valence-electron chi connectivity index (χ1n) is 9.63. The Labute approximate surface area is 186 Å². The second kappa shape index (κ2) is 9.65. The number of hydrogen-bond donors (Lipinski definition) is 1. The second-order valence-corrected chi connectivity index (χ2v) is 7.76. The lowest BCUT2D eigenvalue weighted by Crippen LogP contribution is -2.23. The number of carbonyl (C=O) groups excluding carboxylic acids is 1. The molecular weight excluding hydrogens is 437 g/mol. The van der Waals surface area contributed by atoms with E-state index in [2.05, 4.69) is 10.3 Å². The molecule has 162 valence electrons. The van der Waals surface area contributed by atoms with Gasteiger partial charge in [0.25, 0.3) is 5.91 Å². The van der Waals surface area contributed by atoms with Crippen LogP contribution in [0.3, 0.4) is 0 Å².